The smallest absolute Gasteiger partial charge is 0.263 e. The standard InChI is InChI=1S/C15H9IN4O2/c16-11-4-2-1-3-8(11)7-20-14(21)10-5-17-13-9(6-18-19-13)12(10)15(20)22/h1-6H,7H2,(H,17,18,19). The Bertz CT molecular complexity index is 934. The number of rotatable bonds is 2. The Hall–Kier alpha value is -2.29. The molecule has 0 unspecified atom stereocenters. The monoisotopic (exact) mass is 404 g/mol. The van der Waals surface area contributed by atoms with Gasteiger partial charge in [-0.05, 0) is 34.2 Å². The quantitative estimate of drug-likeness (QED) is 0.526. The molecule has 1 aliphatic heterocycles. The minimum Gasteiger partial charge on any atom is -0.270 e. The van der Waals surface area contributed by atoms with E-state index in [0.29, 0.717) is 22.2 Å². The first-order valence-corrected chi connectivity index (χ1v) is 7.66. The van der Waals surface area contributed by atoms with Crippen LogP contribution >= 0.6 is 22.6 Å². The Labute approximate surface area is 138 Å². The fourth-order valence-electron chi connectivity index (χ4n) is 2.61. The molecule has 3 heterocycles. The average Bonchev–Trinajstić information content (AvgIpc) is 3.08. The van der Waals surface area contributed by atoms with Gasteiger partial charge >= 0.3 is 0 Å². The minimum absolute atomic E-state index is 0.255. The van der Waals surface area contributed by atoms with Crippen LogP contribution < -0.4 is 0 Å². The van der Waals surface area contributed by atoms with Gasteiger partial charge in [0.1, 0.15) is 0 Å². The van der Waals surface area contributed by atoms with Crippen molar-refractivity contribution in [2.45, 2.75) is 6.54 Å². The van der Waals surface area contributed by atoms with Crippen molar-refractivity contribution in [3.8, 4) is 0 Å². The Balaban J connectivity index is 1.79. The molecule has 0 radical (unpaired) electrons. The lowest BCUT2D eigenvalue weighted by molar-refractivity contribution is 0.0642. The van der Waals surface area contributed by atoms with E-state index in [1.807, 2.05) is 24.3 Å². The van der Waals surface area contributed by atoms with E-state index in [9.17, 15) is 9.59 Å². The Morgan fingerprint density at radius 3 is 2.77 bits per heavy atom. The van der Waals surface area contributed by atoms with Crippen LogP contribution in [-0.4, -0.2) is 31.9 Å². The summed E-state index contributed by atoms with van der Waals surface area (Å²) >= 11 is 2.20. The summed E-state index contributed by atoms with van der Waals surface area (Å²) in [4.78, 5) is 30.6. The predicted octanol–water partition coefficient (Wildman–Crippen LogP) is 2.36. The zero-order valence-electron chi connectivity index (χ0n) is 11.2. The van der Waals surface area contributed by atoms with Crippen molar-refractivity contribution < 1.29 is 9.59 Å². The number of carbonyl (C=O) groups is 2. The molecule has 3 aromatic rings. The van der Waals surface area contributed by atoms with Crippen molar-refractivity contribution >= 4 is 45.4 Å². The van der Waals surface area contributed by atoms with Crippen LogP contribution in [0.2, 0.25) is 0 Å². The van der Waals surface area contributed by atoms with E-state index in [-0.39, 0.29) is 18.4 Å². The third-order valence-corrected chi connectivity index (χ3v) is 4.75. The molecule has 0 bridgehead atoms. The molecule has 108 valence electrons. The summed E-state index contributed by atoms with van der Waals surface area (Å²) in [6.45, 7) is 0.255. The number of nitrogens with zero attached hydrogens (tertiary/aromatic N) is 3. The lowest BCUT2D eigenvalue weighted by atomic mass is 10.1. The molecule has 0 atom stereocenters. The Morgan fingerprint density at radius 2 is 1.95 bits per heavy atom. The molecular formula is C15H9IN4O2. The minimum atomic E-state index is -0.310. The largest absolute Gasteiger partial charge is 0.270 e. The second-order valence-corrected chi connectivity index (χ2v) is 6.13. The first-order chi connectivity index (χ1) is 10.7. The normalized spacial score (nSPS) is 14.0. The molecule has 22 heavy (non-hydrogen) atoms. The number of aromatic amines is 1. The molecular weight excluding hydrogens is 395 g/mol. The lowest BCUT2D eigenvalue weighted by Crippen LogP contribution is -2.29. The van der Waals surface area contributed by atoms with Crippen LogP contribution in [0.1, 0.15) is 26.3 Å². The first-order valence-electron chi connectivity index (χ1n) is 6.58. The highest BCUT2D eigenvalue weighted by molar-refractivity contribution is 14.1. The SMILES string of the molecule is O=C1c2cnc3[nH]ncc3c2C(=O)N1Cc1ccccc1I. The number of hydrogen-bond donors (Lipinski definition) is 1. The summed E-state index contributed by atoms with van der Waals surface area (Å²) in [7, 11) is 0. The summed E-state index contributed by atoms with van der Waals surface area (Å²) in [5.41, 5.74) is 2.17. The Kier molecular flexibility index (Phi) is 2.96. The first kappa shape index (κ1) is 13.4. The summed E-state index contributed by atoms with van der Waals surface area (Å²) < 4.78 is 1.02. The zero-order valence-corrected chi connectivity index (χ0v) is 13.4. The fourth-order valence-corrected chi connectivity index (χ4v) is 3.16. The molecule has 0 fully saturated rings. The number of imide groups is 1. The predicted molar refractivity (Wildman–Crippen MR) is 87.3 cm³/mol. The van der Waals surface area contributed by atoms with Gasteiger partial charge in [-0.15, -0.1) is 0 Å². The van der Waals surface area contributed by atoms with Crippen molar-refractivity contribution in [1.29, 1.82) is 0 Å². The van der Waals surface area contributed by atoms with Gasteiger partial charge in [0.15, 0.2) is 5.65 Å². The molecule has 0 saturated carbocycles. The van der Waals surface area contributed by atoms with Crippen LogP contribution in [-0.2, 0) is 6.54 Å². The van der Waals surface area contributed by atoms with Gasteiger partial charge in [0.25, 0.3) is 11.8 Å². The Morgan fingerprint density at radius 1 is 1.14 bits per heavy atom. The molecule has 1 N–H and O–H groups in total. The summed E-state index contributed by atoms with van der Waals surface area (Å²) in [5.74, 6) is -0.608. The van der Waals surface area contributed by atoms with Crippen molar-refractivity contribution in [2.24, 2.45) is 0 Å². The molecule has 1 aromatic carbocycles. The zero-order chi connectivity index (χ0) is 15.3. The molecule has 6 nitrogen and oxygen atoms in total. The molecule has 2 amide bonds. The van der Waals surface area contributed by atoms with Gasteiger partial charge in [0.2, 0.25) is 0 Å². The van der Waals surface area contributed by atoms with Crippen LogP contribution in [0.25, 0.3) is 11.0 Å². The maximum atomic E-state index is 12.7. The van der Waals surface area contributed by atoms with Gasteiger partial charge in [0, 0.05) is 9.77 Å². The van der Waals surface area contributed by atoms with E-state index in [1.54, 1.807) is 0 Å². The maximum absolute atomic E-state index is 12.7. The van der Waals surface area contributed by atoms with E-state index < -0.39 is 0 Å². The molecule has 7 heteroatoms. The lowest BCUT2D eigenvalue weighted by Gasteiger charge is -2.14. The number of pyridine rings is 1. The number of H-pyrrole nitrogens is 1. The van der Waals surface area contributed by atoms with Crippen LogP contribution in [0.5, 0.6) is 0 Å². The van der Waals surface area contributed by atoms with Gasteiger partial charge in [-0.2, -0.15) is 5.10 Å². The summed E-state index contributed by atoms with van der Waals surface area (Å²) in [5, 5.41) is 7.19. The number of carbonyl (C=O) groups excluding carboxylic acids is 2. The van der Waals surface area contributed by atoms with Gasteiger partial charge in [0.05, 0.1) is 29.3 Å². The van der Waals surface area contributed by atoms with E-state index in [2.05, 4.69) is 37.8 Å². The summed E-state index contributed by atoms with van der Waals surface area (Å²) in [6, 6.07) is 7.68. The number of nitrogens with one attached hydrogen (secondary N) is 1. The molecule has 0 aliphatic carbocycles. The molecule has 4 rings (SSSR count). The third kappa shape index (κ3) is 1.85. The van der Waals surface area contributed by atoms with Gasteiger partial charge in [-0.3, -0.25) is 19.6 Å². The van der Waals surface area contributed by atoms with Crippen LogP contribution in [0.3, 0.4) is 0 Å². The topological polar surface area (TPSA) is 79.0 Å². The van der Waals surface area contributed by atoms with Gasteiger partial charge in [-0.1, -0.05) is 18.2 Å². The number of hydrogen-bond acceptors (Lipinski definition) is 4. The van der Waals surface area contributed by atoms with Crippen molar-refractivity contribution in [3.05, 3.63) is 56.9 Å². The highest BCUT2D eigenvalue weighted by Gasteiger charge is 2.38. The molecule has 0 saturated heterocycles. The van der Waals surface area contributed by atoms with Crippen molar-refractivity contribution in [2.75, 3.05) is 0 Å². The van der Waals surface area contributed by atoms with E-state index in [1.165, 1.54) is 17.3 Å². The molecule has 0 spiro atoms. The van der Waals surface area contributed by atoms with Gasteiger partial charge in [-0.25, -0.2) is 4.98 Å². The van der Waals surface area contributed by atoms with E-state index in [4.69, 9.17) is 0 Å². The number of fused-ring (bicyclic) bond motifs is 3. The third-order valence-electron chi connectivity index (χ3n) is 3.70. The van der Waals surface area contributed by atoms with Crippen LogP contribution in [0.15, 0.2) is 36.7 Å². The van der Waals surface area contributed by atoms with Crippen molar-refractivity contribution in [1.82, 2.24) is 20.1 Å². The highest BCUT2D eigenvalue weighted by atomic mass is 127. The van der Waals surface area contributed by atoms with Gasteiger partial charge < -0.3 is 0 Å². The number of amides is 2. The number of halogens is 1. The maximum Gasteiger partial charge on any atom is 0.263 e. The fraction of sp³-hybridized carbons (Fsp3) is 0.0667. The second kappa shape index (κ2) is 4.87. The summed E-state index contributed by atoms with van der Waals surface area (Å²) in [6.07, 6.45) is 2.97. The molecule has 2 aromatic heterocycles. The van der Waals surface area contributed by atoms with Crippen LogP contribution in [0, 0.1) is 3.57 Å². The second-order valence-electron chi connectivity index (χ2n) is 4.97. The van der Waals surface area contributed by atoms with E-state index >= 15 is 0 Å². The number of benzene rings is 1. The average molecular weight is 404 g/mol. The number of aromatic nitrogens is 3. The highest BCUT2D eigenvalue weighted by Crippen LogP contribution is 2.29. The molecule has 1 aliphatic rings. The van der Waals surface area contributed by atoms with E-state index in [0.717, 1.165) is 9.13 Å². The van der Waals surface area contributed by atoms with Crippen molar-refractivity contribution in [3.63, 3.8) is 0 Å². The van der Waals surface area contributed by atoms with Crippen LogP contribution in [0.4, 0.5) is 0 Å².